The van der Waals surface area contributed by atoms with Gasteiger partial charge < -0.3 is 4.90 Å². The highest BCUT2D eigenvalue weighted by Crippen LogP contribution is 2.36. The van der Waals surface area contributed by atoms with Crippen LogP contribution < -0.4 is 4.90 Å². The summed E-state index contributed by atoms with van der Waals surface area (Å²) in [5.74, 6) is -0.534. The van der Waals surface area contributed by atoms with Crippen LogP contribution in [0.5, 0.6) is 0 Å². The van der Waals surface area contributed by atoms with Crippen LogP contribution in [0.2, 0.25) is 5.02 Å². The second-order valence-corrected chi connectivity index (χ2v) is 6.64. The first-order valence-corrected chi connectivity index (χ1v) is 8.73. The minimum absolute atomic E-state index is 0.256. The van der Waals surface area contributed by atoms with Crippen molar-refractivity contribution in [2.45, 2.75) is 12.8 Å². The van der Waals surface area contributed by atoms with Gasteiger partial charge in [-0.1, -0.05) is 41.9 Å². The van der Waals surface area contributed by atoms with Crippen molar-refractivity contribution >= 4 is 34.7 Å². The molecule has 5 heteroatoms. The Morgan fingerprint density at radius 1 is 0.800 bits per heavy atom. The van der Waals surface area contributed by atoms with Gasteiger partial charge in [0.05, 0.1) is 11.3 Å². The first kappa shape index (κ1) is 15.9. The van der Waals surface area contributed by atoms with Crippen LogP contribution in [0.15, 0.2) is 60.3 Å². The van der Waals surface area contributed by atoms with Crippen molar-refractivity contribution < 1.29 is 9.59 Å². The first-order chi connectivity index (χ1) is 12.2. The van der Waals surface area contributed by atoms with Gasteiger partial charge in [-0.15, -0.1) is 0 Å². The molecule has 2 amide bonds. The molecule has 4 rings (SSSR count). The Kier molecular flexibility index (Phi) is 4.06. The van der Waals surface area contributed by atoms with Gasteiger partial charge in [-0.05, 0) is 42.7 Å². The highest BCUT2D eigenvalue weighted by molar-refractivity contribution is 6.45. The molecule has 4 nitrogen and oxygen atoms in total. The van der Waals surface area contributed by atoms with Crippen LogP contribution in [0.25, 0.3) is 5.57 Å². The van der Waals surface area contributed by atoms with Crippen LogP contribution >= 0.6 is 11.6 Å². The van der Waals surface area contributed by atoms with E-state index in [1.165, 1.54) is 4.90 Å². The molecule has 0 spiro atoms. The fourth-order valence-electron chi connectivity index (χ4n) is 3.44. The second kappa shape index (κ2) is 6.37. The van der Waals surface area contributed by atoms with E-state index in [1.54, 1.807) is 24.3 Å². The number of imide groups is 1. The third-order valence-corrected chi connectivity index (χ3v) is 4.88. The molecule has 0 unspecified atom stereocenters. The van der Waals surface area contributed by atoms with E-state index in [0.29, 0.717) is 22.0 Å². The summed E-state index contributed by atoms with van der Waals surface area (Å²) in [6.07, 6.45) is 2.07. The molecule has 1 fully saturated rings. The Morgan fingerprint density at radius 3 is 2.08 bits per heavy atom. The molecule has 0 aliphatic carbocycles. The molecule has 1 saturated heterocycles. The third-order valence-electron chi connectivity index (χ3n) is 4.63. The minimum Gasteiger partial charge on any atom is -0.366 e. The van der Waals surface area contributed by atoms with Gasteiger partial charge in [0.1, 0.15) is 5.70 Å². The normalized spacial score (nSPS) is 17.8. The number of carbonyl (C=O) groups is 2. The Labute approximate surface area is 151 Å². The number of benzene rings is 2. The Hall–Kier alpha value is -2.59. The molecular weight excluding hydrogens is 336 g/mol. The number of rotatable bonds is 3. The monoisotopic (exact) mass is 352 g/mol. The molecule has 0 radical (unpaired) electrons. The van der Waals surface area contributed by atoms with Gasteiger partial charge in [0.25, 0.3) is 11.8 Å². The van der Waals surface area contributed by atoms with Crippen LogP contribution in [0, 0.1) is 0 Å². The van der Waals surface area contributed by atoms with Crippen molar-refractivity contribution in [3.05, 3.63) is 70.9 Å². The lowest BCUT2D eigenvalue weighted by molar-refractivity contribution is -0.120. The number of likely N-dealkylation sites (tertiary alicyclic amines) is 1. The SMILES string of the molecule is O=C1C(c2ccccc2)=C(N2CCCC2)C(=O)N1c1ccc(Cl)cc1. The Balaban J connectivity index is 1.82. The van der Waals surface area contributed by atoms with Crippen molar-refractivity contribution in [1.82, 2.24) is 4.90 Å². The third kappa shape index (κ3) is 2.72. The first-order valence-electron chi connectivity index (χ1n) is 8.36. The number of hydrogen-bond acceptors (Lipinski definition) is 3. The average Bonchev–Trinajstić information content (AvgIpc) is 3.23. The Bertz CT molecular complexity index is 853. The zero-order valence-corrected chi connectivity index (χ0v) is 14.4. The van der Waals surface area contributed by atoms with E-state index in [1.807, 2.05) is 35.2 Å². The summed E-state index contributed by atoms with van der Waals surface area (Å²) in [5, 5.41) is 0.568. The fraction of sp³-hybridized carbons (Fsp3) is 0.200. The molecule has 2 heterocycles. The van der Waals surface area contributed by atoms with Gasteiger partial charge >= 0.3 is 0 Å². The highest BCUT2D eigenvalue weighted by atomic mass is 35.5. The minimum atomic E-state index is -0.277. The molecule has 2 aromatic rings. The van der Waals surface area contributed by atoms with E-state index in [-0.39, 0.29) is 11.8 Å². The van der Waals surface area contributed by atoms with E-state index in [4.69, 9.17) is 11.6 Å². The number of halogens is 1. The molecule has 126 valence electrons. The molecule has 0 atom stereocenters. The lowest BCUT2D eigenvalue weighted by atomic mass is 10.0. The van der Waals surface area contributed by atoms with Gasteiger partial charge in [0.15, 0.2) is 0 Å². The number of hydrogen-bond donors (Lipinski definition) is 0. The molecule has 2 aliphatic rings. The number of anilines is 1. The number of amides is 2. The van der Waals surface area contributed by atoms with E-state index in [9.17, 15) is 9.59 Å². The smallest absolute Gasteiger partial charge is 0.282 e. The zero-order chi connectivity index (χ0) is 17.4. The quantitative estimate of drug-likeness (QED) is 0.790. The molecule has 25 heavy (non-hydrogen) atoms. The van der Waals surface area contributed by atoms with Crippen LogP contribution in [0.4, 0.5) is 5.69 Å². The fourth-order valence-corrected chi connectivity index (χ4v) is 3.57. The predicted molar refractivity (Wildman–Crippen MR) is 98.1 cm³/mol. The largest absolute Gasteiger partial charge is 0.366 e. The number of nitrogens with zero attached hydrogens (tertiary/aromatic N) is 2. The maximum Gasteiger partial charge on any atom is 0.282 e. The van der Waals surface area contributed by atoms with Crippen LogP contribution in [0.3, 0.4) is 0 Å². The molecule has 2 aliphatic heterocycles. The lowest BCUT2D eigenvalue weighted by Crippen LogP contribution is -2.34. The number of carbonyl (C=O) groups excluding carboxylic acids is 2. The lowest BCUT2D eigenvalue weighted by Gasteiger charge is -2.20. The van der Waals surface area contributed by atoms with E-state index < -0.39 is 0 Å². The molecular formula is C20H17ClN2O2. The average molecular weight is 353 g/mol. The van der Waals surface area contributed by atoms with E-state index in [2.05, 4.69) is 0 Å². The zero-order valence-electron chi connectivity index (χ0n) is 13.6. The summed E-state index contributed by atoms with van der Waals surface area (Å²) in [6.45, 7) is 1.61. The van der Waals surface area contributed by atoms with Crippen molar-refractivity contribution in [3.8, 4) is 0 Å². The highest BCUT2D eigenvalue weighted by Gasteiger charge is 2.42. The summed E-state index contributed by atoms with van der Waals surface area (Å²) < 4.78 is 0. The van der Waals surface area contributed by atoms with Gasteiger partial charge in [-0.3, -0.25) is 9.59 Å². The van der Waals surface area contributed by atoms with Gasteiger partial charge in [-0.2, -0.15) is 0 Å². The van der Waals surface area contributed by atoms with Crippen molar-refractivity contribution in [2.75, 3.05) is 18.0 Å². The molecule has 0 aromatic heterocycles. The van der Waals surface area contributed by atoms with Crippen molar-refractivity contribution in [3.63, 3.8) is 0 Å². The van der Waals surface area contributed by atoms with Gasteiger partial charge in [0, 0.05) is 18.1 Å². The maximum atomic E-state index is 13.2. The van der Waals surface area contributed by atoms with E-state index in [0.717, 1.165) is 31.5 Å². The predicted octanol–water partition coefficient (Wildman–Crippen LogP) is 3.72. The van der Waals surface area contributed by atoms with E-state index >= 15 is 0 Å². The summed E-state index contributed by atoms with van der Waals surface area (Å²) in [5.41, 5.74) is 2.33. The molecule has 2 aromatic carbocycles. The van der Waals surface area contributed by atoms with Gasteiger partial charge in [-0.25, -0.2) is 4.90 Å². The molecule has 0 N–H and O–H groups in total. The second-order valence-electron chi connectivity index (χ2n) is 6.21. The van der Waals surface area contributed by atoms with Crippen LogP contribution in [-0.4, -0.2) is 29.8 Å². The Morgan fingerprint density at radius 2 is 1.44 bits per heavy atom. The standard InChI is InChI=1S/C20H17ClN2O2/c21-15-8-10-16(11-9-15)23-19(24)17(14-6-2-1-3-7-14)18(20(23)25)22-12-4-5-13-22/h1-3,6-11H,4-5,12-13H2. The summed E-state index contributed by atoms with van der Waals surface area (Å²) in [6, 6.07) is 16.2. The van der Waals surface area contributed by atoms with Crippen molar-refractivity contribution in [2.24, 2.45) is 0 Å². The van der Waals surface area contributed by atoms with Crippen LogP contribution in [0.1, 0.15) is 18.4 Å². The summed E-state index contributed by atoms with van der Waals surface area (Å²) in [7, 11) is 0. The van der Waals surface area contributed by atoms with Crippen molar-refractivity contribution in [1.29, 1.82) is 0 Å². The summed E-state index contributed by atoms with van der Waals surface area (Å²) in [4.78, 5) is 29.6. The van der Waals surface area contributed by atoms with Crippen LogP contribution in [-0.2, 0) is 9.59 Å². The maximum absolute atomic E-state index is 13.2. The summed E-state index contributed by atoms with van der Waals surface area (Å²) >= 11 is 5.94. The van der Waals surface area contributed by atoms with Gasteiger partial charge in [0.2, 0.25) is 0 Å². The molecule has 0 saturated carbocycles. The topological polar surface area (TPSA) is 40.6 Å². The molecule has 0 bridgehead atoms.